The minimum Gasteiger partial charge on any atom is -0.398 e. The first-order valence-corrected chi connectivity index (χ1v) is 7.30. The van der Waals surface area contributed by atoms with E-state index in [1.54, 1.807) is 29.5 Å². The van der Waals surface area contributed by atoms with Gasteiger partial charge in [-0.3, -0.25) is 9.20 Å². The SMILES string of the molecule is Nc1ccc(C(=O)Cc2cn3ccsc3n2)cc1Br. The van der Waals surface area contributed by atoms with E-state index in [1.807, 2.05) is 22.2 Å². The minimum absolute atomic E-state index is 0.0338. The molecule has 0 saturated heterocycles. The summed E-state index contributed by atoms with van der Waals surface area (Å²) in [5.74, 6) is 0.0338. The van der Waals surface area contributed by atoms with Gasteiger partial charge in [0.1, 0.15) is 0 Å². The lowest BCUT2D eigenvalue weighted by Crippen LogP contribution is -2.04. The quantitative estimate of drug-likeness (QED) is 0.590. The highest BCUT2D eigenvalue weighted by molar-refractivity contribution is 9.10. The van der Waals surface area contributed by atoms with E-state index < -0.39 is 0 Å². The van der Waals surface area contributed by atoms with Crippen LogP contribution in [0.1, 0.15) is 16.1 Å². The number of hydrogen-bond acceptors (Lipinski definition) is 4. The van der Waals surface area contributed by atoms with E-state index in [0.717, 1.165) is 15.1 Å². The smallest absolute Gasteiger partial charge is 0.193 e. The molecule has 0 spiro atoms. The molecule has 2 heterocycles. The molecule has 2 N–H and O–H groups in total. The average molecular weight is 336 g/mol. The Morgan fingerprint density at radius 2 is 2.32 bits per heavy atom. The second-order valence-electron chi connectivity index (χ2n) is 4.16. The van der Waals surface area contributed by atoms with Gasteiger partial charge in [-0.05, 0) is 34.1 Å². The number of carbonyl (C=O) groups is 1. The third kappa shape index (κ3) is 2.41. The summed E-state index contributed by atoms with van der Waals surface area (Å²) >= 11 is 4.88. The van der Waals surface area contributed by atoms with Crippen LogP contribution in [0.4, 0.5) is 5.69 Å². The van der Waals surface area contributed by atoms with E-state index in [9.17, 15) is 4.79 Å². The van der Waals surface area contributed by atoms with Crippen LogP contribution in [0, 0.1) is 0 Å². The molecule has 2 aromatic heterocycles. The van der Waals surface area contributed by atoms with Crippen molar-refractivity contribution in [3.05, 3.63) is 51.7 Å². The number of thiazole rings is 1. The Bertz CT molecular complexity index is 734. The van der Waals surface area contributed by atoms with Gasteiger partial charge >= 0.3 is 0 Å². The number of benzene rings is 1. The molecule has 0 atom stereocenters. The highest BCUT2D eigenvalue weighted by Crippen LogP contribution is 2.21. The van der Waals surface area contributed by atoms with Gasteiger partial charge < -0.3 is 5.73 Å². The third-order valence-corrected chi connectivity index (χ3v) is 4.26. The fraction of sp³-hybridized carbons (Fsp3) is 0.0769. The summed E-state index contributed by atoms with van der Waals surface area (Å²) in [5, 5.41) is 1.96. The van der Waals surface area contributed by atoms with Gasteiger partial charge in [0.05, 0.1) is 12.1 Å². The van der Waals surface area contributed by atoms with Crippen molar-refractivity contribution in [3.63, 3.8) is 0 Å². The zero-order valence-corrected chi connectivity index (χ0v) is 12.2. The number of rotatable bonds is 3. The van der Waals surface area contributed by atoms with Crippen molar-refractivity contribution in [3.8, 4) is 0 Å². The molecule has 96 valence electrons. The second-order valence-corrected chi connectivity index (χ2v) is 5.89. The first-order chi connectivity index (χ1) is 9.13. The first kappa shape index (κ1) is 12.4. The van der Waals surface area contributed by atoms with Crippen LogP contribution in [0.2, 0.25) is 0 Å². The zero-order chi connectivity index (χ0) is 13.4. The van der Waals surface area contributed by atoms with Crippen LogP contribution < -0.4 is 5.73 Å². The van der Waals surface area contributed by atoms with E-state index in [2.05, 4.69) is 20.9 Å². The molecule has 0 radical (unpaired) electrons. The molecule has 1 aromatic carbocycles. The summed E-state index contributed by atoms with van der Waals surface area (Å²) in [7, 11) is 0. The Hall–Kier alpha value is -1.66. The average Bonchev–Trinajstić information content (AvgIpc) is 2.93. The van der Waals surface area contributed by atoms with E-state index in [-0.39, 0.29) is 5.78 Å². The maximum atomic E-state index is 12.2. The Morgan fingerprint density at radius 1 is 1.47 bits per heavy atom. The molecule has 0 unspecified atom stereocenters. The highest BCUT2D eigenvalue weighted by atomic mass is 79.9. The van der Waals surface area contributed by atoms with E-state index in [1.165, 1.54) is 0 Å². The van der Waals surface area contributed by atoms with Gasteiger partial charge in [-0.2, -0.15) is 0 Å². The maximum Gasteiger partial charge on any atom is 0.193 e. The number of nitrogens with two attached hydrogens (primary N) is 1. The van der Waals surface area contributed by atoms with E-state index in [4.69, 9.17) is 5.73 Å². The van der Waals surface area contributed by atoms with Crippen LogP contribution in [0.5, 0.6) is 0 Å². The Kier molecular flexibility index (Phi) is 3.12. The van der Waals surface area contributed by atoms with Gasteiger partial charge in [-0.15, -0.1) is 11.3 Å². The lowest BCUT2D eigenvalue weighted by Gasteiger charge is -2.02. The fourth-order valence-electron chi connectivity index (χ4n) is 1.83. The Labute approximate surface area is 122 Å². The number of fused-ring (bicyclic) bond motifs is 1. The molecule has 0 bridgehead atoms. The molecular formula is C13H10BrN3OS. The number of nitrogens with zero attached hydrogens (tertiary/aromatic N) is 2. The number of aromatic nitrogens is 2. The molecule has 0 amide bonds. The summed E-state index contributed by atoms with van der Waals surface area (Å²) in [6, 6.07) is 5.21. The molecule has 0 saturated carbocycles. The van der Waals surface area contributed by atoms with Crippen molar-refractivity contribution >= 4 is 43.7 Å². The molecule has 0 aliphatic heterocycles. The zero-order valence-electron chi connectivity index (χ0n) is 9.84. The standard InChI is InChI=1S/C13H10BrN3OS/c14-10-5-8(1-2-11(10)15)12(18)6-9-7-17-3-4-19-13(17)16-9/h1-5,7H,6,15H2. The van der Waals surface area contributed by atoms with Gasteiger partial charge in [0.2, 0.25) is 0 Å². The normalized spacial score (nSPS) is 11.0. The van der Waals surface area contributed by atoms with Crippen LogP contribution in [0.3, 0.4) is 0 Å². The number of nitrogen functional groups attached to an aromatic ring is 1. The number of carbonyl (C=O) groups excluding carboxylic acids is 1. The minimum atomic E-state index is 0.0338. The number of halogens is 1. The van der Waals surface area contributed by atoms with Gasteiger partial charge in [0.15, 0.2) is 10.7 Å². The number of Topliss-reactive ketones (excluding diaryl/α,β-unsaturated/α-hetero) is 1. The van der Waals surface area contributed by atoms with E-state index in [0.29, 0.717) is 17.7 Å². The van der Waals surface area contributed by atoms with Crippen LogP contribution in [-0.4, -0.2) is 15.2 Å². The lowest BCUT2D eigenvalue weighted by atomic mass is 10.1. The van der Waals surface area contributed by atoms with Crippen LogP contribution >= 0.6 is 27.3 Å². The third-order valence-electron chi connectivity index (χ3n) is 2.81. The molecule has 0 fully saturated rings. The number of imidazole rings is 1. The van der Waals surface area contributed by atoms with E-state index >= 15 is 0 Å². The lowest BCUT2D eigenvalue weighted by molar-refractivity contribution is 0.0992. The number of ketones is 1. The van der Waals surface area contributed by atoms with Crippen molar-refractivity contribution in [2.75, 3.05) is 5.73 Å². The second kappa shape index (κ2) is 4.79. The fourth-order valence-corrected chi connectivity index (χ4v) is 2.93. The maximum absolute atomic E-state index is 12.2. The molecule has 3 rings (SSSR count). The number of anilines is 1. The van der Waals surface area contributed by atoms with Crippen LogP contribution in [0.25, 0.3) is 4.96 Å². The highest BCUT2D eigenvalue weighted by Gasteiger charge is 2.11. The molecule has 0 aliphatic carbocycles. The van der Waals surface area contributed by atoms with Crippen LogP contribution in [0.15, 0.2) is 40.4 Å². The van der Waals surface area contributed by atoms with Crippen LogP contribution in [-0.2, 0) is 6.42 Å². The van der Waals surface area contributed by atoms with Crippen molar-refractivity contribution in [2.24, 2.45) is 0 Å². The summed E-state index contributed by atoms with van der Waals surface area (Å²) in [4.78, 5) is 17.5. The van der Waals surface area contributed by atoms with Crippen molar-refractivity contribution < 1.29 is 4.79 Å². The summed E-state index contributed by atoms with van der Waals surface area (Å²) in [5.41, 5.74) is 7.75. The van der Waals surface area contributed by atoms with Crippen molar-refractivity contribution in [2.45, 2.75) is 6.42 Å². The molecule has 3 aromatic rings. The molecule has 0 aliphatic rings. The predicted molar refractivity (Wildman–Crippen MR) is 79.7 cm³/mol. The van der Waals surface area contributed by atoms with Gasteiger partial charge in [0.25, 0.3) is 0 Å². The Morgan fingerprint density at radius 3 is 3.05 bits per heavy atom. The monoisotopic (exact) mass is 335 g/mol. The predicted octanol–water partition coefficient (Wildman–Crippen LogP) is 3.17. The summed E-state index contributed by atoms with van der Waals surface area (Å²) in [6.45, 7) is 0. The van der Waals surface area contributed by atoms with Gasteiger partial charge in [-0.1, -0.05) is 0 Å². The van der Waals surface area contributed by atoms with Crippen molar-refractivity contribution in [1.82, 2.24) is 9.38 Å². The summed E-state index contributed by atoms with van der Waals surface area (Å²) in [6.07, 6.45) is 4.11. The Balaban J connectivity index is 1.84. The topological polar surface area (TPSA) is 60.4 Å². The van der Waals surface area contributed by atoms with Crippen molar-refractivity contribution in [1.29, 1.82) is 0 Å². The first-order valence-electron chi connectivity index (χ1n) is 5.63. The molecule has 6 heteroatoms. The summed E-state index contributed by atoms with van der Waals surface area (Å²) < 4.78 is 2.66. The molecule has 19 heavy (non-hydrogen) atoms. The molecular weight excluding hydrogens is 326 g/mol. The molecule has 4 nitrogen and oxygen atoms in total. The number of hydrogen-bond donors (Lipinski definition) is 1. The van der Waals surface area contributed by atoms with Gasteiger partial charge in [-0.25, -0.2) is 4.98 Å². The largest absolute Gasteiger partial charge is 0.398 e. The van der Waals surface area contributed by atoms with Gasteiger partial charge in [0, 0.05) is 33.5 Å².